The number of hydrogen-bond acceptors (Lipinski definition) is 4. The van der Waals surface area contributed by atoms with Crippen LogP contribution >= 0.6 is 11.9 Å². The smallest absolute Gasteiger partial charge is 0.356 e. The Balaban J connectivity index is 2.69. The maximum atomic E-state index is 10.1. The lowest BCUT2D eigenvalue weighted by Crippen LogP contribution is -2.14. The summed E-state index contributed by atoms with van der Waals surface area (Å²) in [5, 5.41) is 13.4. The molecule has 4 nitrogen and oxygen atoms in total. The van der Waals surface area contributed by atoms with E-state index < -0.39 is 5.97 Å². The van der Waals surface area contributed by atoms with Crippen molar-refractivity contribution in [2.45, 2.75) is 0 Å². The van der Waals surface area contributed by atoms with Gasteiger partial charge in [0.15, 0.2) is 5.71 Å². The second-order valence-electron chi connectivity index (χ2n) is 1.31. The molecule has 0 saturated heterocycles. The molecule has 0 atom stereocenters. The number of carboxylic acid groups (broad SMARTS) is 1. The van der Waals surface area contributed by atoms with Gasteiger partial charge >= 0.3 is 5.97 Å². The van der Waals surface area contributed by atoms with Crippen molar-refractivity contribution in [3.05, 3.63) is 11.5 Å². The van der Waals surface area contributed by atoms with Gasteiger partial charge in [-0.3, -0.25) is 0 Å². The van der Waals surface area contributed by atoms with Crippen molar-refractivity contribution < 1.29 is 9.90 Å². The molecule has 0 aliphatic carbocycles. The average molecular weight is 144 g/mol. The van der Waals surface area contributed by atoms with Crippen LogP contribution in [0.4, 0.5) is 0 Å². The molecule has 0 bridgehead atoms. The predicted octanol–water partition coefficient (Wildman–Crippen LogP) is 0.192. The second-order valence-corrected chi connectivity index (χ2v) is 2.00. The highest BCUT2D eigenvalue weighted by Crippen LogP contribution is 2.01. The van der Waals surface area contributed by atoms with Gasteiger partial charge in [0.05, 0.1) is 0 Å². The van der Waals surface area contributed by atoms with Gasteiger partial charge in [0.1, 0.15) is 0 Å². The van der Waals surface area contributed by atoms with E-state index in [1.165, 1.54) is 18.0 Å². The number of carboxylic acids is 1. The summed E-state index contributed by atoms with van der Waals surface area (Å²) in [7, 11) is 0. The molecule has 2 N–H and O–H groups in total. The molecule has 0 aromatic carbocycles. The molecule has 1 rings (SSSR count). The molecule has 0 radical (unpaired) electrons. The van der Waals surface area contributed by atoms with E-state index in [0.29, 0.717) is 0 Å². The molecule has 1 aliphatic heterocycles. The molecule has 5 heteroatoms. The highest BCUT2D eigenvalue weighted by atomic mass is 32.2. The zero-order valence-corrected chi connectivity index (χ0v) is 5.18. The van der Waals surface area contributed by atoms with E-state index in [9.17, 15) is 4.79 Å². The number of rotatable bonds is 1. The Kier molecular flexibility index (Phi) is 1.74. The van der Waals surface area contributed by atoms with Gasteiger partial charge in [-0.2, -0.15) is 5.10 Å². The summed E-state index contributed by atoms with van der Waals surface area (Å²) in [6.45, 7) is 0. The molecule has 0 aromatic rings. The maximum absolute atomic E-state index is 10.1. The number of carbonyl (C=O) groups is 1. The third-order valence-electron chi connectivity index (χ3n) is 0.732. The van der Waals surface area contributed by atoms with E-state index in [1.54, 1.807) is 5.41 Å². The monoisotopic (exact) mass is 144 g/mol. The van der Waals surface area contributed by atoms with Gasteiger partial charge in [0, 0.05) is 0 Å². The third kappa shape index (κ3) is 1.46. The fourth-order valence-electron chi connectivity index (χ4n) is 0.361. The summed E-state index contributed by atoms with van der Waals surface area (Å²) < 4.78 is 0. The van der Waals surface area contributed by atoms with Crippen LogP contribution in [-0.4, -0.2) is 16.8 Å². The first-order chi connectivity index (χ1) is 4.30. The van der Waals surface area contributed by atoms with E-state index in [4.69, 9.17) is 5.11 Å². The maximum Gasteiger partial charge on any atom is 0.356 e. The van der Waals surface area contributed by atoms with E-state index >= 15 is 0 Å². The summed E-state index contributed by atoms with van der Waals surface area (Å²) in [6, 6.07) is 0. The van der Waals surface area contributed by atoms with Crippen LogP contribution in [0.3, 0.4) is 0 Å². The van der Waals surface area contributed by atoms with Gasteiger partial charge in [-0.25, -0.2) is 9.63 Å². The van der Waals surface area contributed by atoms with Crippen molar-refractivity contribution in [1.82, 2.24) is 4.83 Å². The van der Waals surface area contributed by atoms with Crippen LogP contribution in [0.25, 0.3) is 0 Å². The minimum atomic E-state index is -1.01. The Morgan fingerprint density at radius 3 is 3.00 bits per heavy atom. The van der Waals surface area contributed by atoms with Gasteiger partial charge in [0.25, 0.3) is 0 Å². The van der Waals surface area contributed by atoms with Crippen molar-refractivity contribution in [3.8, 4) is 0 Å². The number of aliphatic carboxylic acids is 1. The van der Waals surface area contributed by atoms with E-state index in [1.807, 2.05) is 0 Å². The lowest BCUT2D eigenvalue weighted by atomic mass is 10.4. The molecule has 48 valence electrons. The second kappa shape index (κ2) is 2.54. The molecule has 1 heterocycles. The van der Waals surface area contributed by atoms with E-state index in [-0.39, 0.29) is 5.71 Å². The number of hydrazone groups is 1. The van der Waals surface area contributed by atoms with Crippen LogP contribution in [0.2, 0.25) is 0 Å². The van der Waals surface area contributed by atoms with Crippen molar-refractivity contribution in [2.24, 2.45) is 5.10 Å². The normalized spacial score (nSPS) is 16.2. The fraction of sp³-hybridized carbons (Fsp3) is 0. The van der Waals surface area contributed by atoms with Gasteiger partial charge in [-0.1, -0.05) is 0 Å². The SMILES string of the molecule is O=C(O)C1=NNSC=C1. The summed E-state index contributed by atoms with van der Waals surface area (Å²) in [5.41, 5.74) is 0.0359. The van der Waals surface area contributed by atoms with Crippen LogP contribution in [0.5, 0.6) is 0 Å². The first-order valence-electron chi connectivity index (χ1n) is 2.19. The molecule has 0 saturated carbocycles. The average Bonchev–Trinajstić information content (AvgIpc) is 1.90. The van der Waals surface area contributed by atoms with Crippen LogP contribution in [0, 0.1) is 0 Å². The molecule has 0 amide bonds. The minimum Gasteiger partial charge on any atom is -0.476 e. The molecular formula is C4H4N2O2S. The van der Waals surface area contributed by atoms with Gasteiger partial charge in [0.2, 0.25) is 0 Å². The van der Waals surface area contributed by atoms with Crippen molar-refractivity contribution in [3.63, 3.8) is 0 Å². The Labute approximate surface area is 55.8 Å². The van der Waals surface area contributed by atoms with Crippen molar-refractivity contribution in [2.75, 3.05) is 0 Å². The summed E-state index contributed by atoms with van der Waals surface area (Å²) in [5.74, 6) is -1.01. The zero-order valence-electron chi connectivity index (χ0n) is 4.37. The third-order valence-corrected chi connectivity index (χ3v) is 1.20. The van der Waals surface area contributed by atoms with Crippen molar-refractivity contribution >= 4 is 23.6 Å². The highest BCUT2D eigenvalue weighted by Gasteiger charge is 2.06. The predicted molar refractivity (Wildman–Crippen MR) is 34.9 cm³/mol. The van der Waals surface area contributed by atoms with Crippen LogP contribution in [-0.2, 0) is 4.79 Å². The first-order valence-corrected chi connectivity index (χ1v) is 3.07. The quantitative estimate of drug-likeness (QED) is 0.516. The highest BCUT2D eigenvalue weighted by molar-refractivity contribution is 8.00. The lowest BCUT2D eigenvalue weighted by Gasteiger charge is -1.99. The minimum absolute atomic E-state index is 0.0359. The standard InChI is InChI=1S/C4H4N2O2S/c7-4(8)3-1-2-9-6-5-3/h1-2,6H,(H,7,8). The number of nitrogens with one attached hydrogen (secondary N) is 1. The molecule has 0 aromatic heterocycles. The van der Waals surface area contributed by atoms with Crippen molar-refractivity contribution in [1.29, 1.82) is 0 Å². The zero-order chi connectivity index (χ0) is 6.69. The molecule has 1 aliphatic rings. The Bertz CT molecular complexity index is 187. The van der Waals surface area contributed by atoms with Crippen LogP contribution in [0.1, 0.15) is 0 Å². The van der Waals surface area contributed by atoms with Gasteiger partial charge in [-0.15, -0.1) is 0 Å². The largest absolute Gasteiger partial charge is 0.476 e. The van der Waals surface area contributed by atoms with Gasteiger partial charge in [-0.05, 0) is 23.4 Å². The van der Waals surface area contributed by atoms with Crippen LogP contribution in [0.15, 0.2) is 16.6 Å². The fourth-order valence-corrected chi connectivity index (χ4v) is 0.770. The number of nitrogens with zero attached hydrogens (tertiary/aromatic N) is 1. The Morgan fingerprint density at radius 2 is 2.67 bits per heavy atom. The number of hydrogen-bond donors (Lipinski definition) is 2. The van der Waals surface area contributed by atoms with E-state index in [0.717, 1.165) is 0 Å². The lowest BCUT2D eigenvalue weighted by molar-refractivity contribution is -0.129. The summed E-state index contributed by atoms with van der Waals surface area (Å²) in [6.07, 6.45) is 1.43. The summed E-state index contributed by atoms with van der Waals surface area (Å²) in [4.78, 5) is 12.6. The van der Waals surface area contributed by atoms with Crippen LogP contribution < -0.4 is 4.83 Å². The molecule has 0 fully saturated rings. The molecule has 0 unspecified atom stereocenters. The molecule has 0 spiro atoms. The topological polar surface area (TPSA) is 61.7 Å². The van der Waals surface area contributed by atoms with E-state index in [2.05, 4.69) is 9.93 Å². The Morgan fingerprint density at radius 1 is 1.89 bits per heavy atom. The molecular weight excluding hydrogens is 140 g/mol. The Hall–Kier alpha value is -0.970. The first kappa shape index (κ1) is 6.15. The summed E-state index contributed by atoms with van der Waals surface area (Å²) >= 11 is 1.23. The molecule has 9 heavy (non-hydrogen) atoms. The van der Waals surface area contributed by atoms with Gasteiger partial charge < -0.3 is 5.11 Å².